The highest BCUT2D eigenvalue weighted by atomic mass is 16.5. The maximum atomic E-state index is 12.9. The van der Waals surface area contributed by atoms with Gasteiger partial charge in [-0.15, -0.1) is 0 Å². The molecule has 0 aliphatic carbocycles. The van der Waals surface area contributed by atoms with Gasteiger partial charge in [0.15, 0.2) is 0 Å². The summed E-state index contributed by atoms with van der Waals surface area (Å²) < 4.78 is 7.31. The third kappa shape index (κ3) is 6.41. The van der Waals surface area contributed by atoms with Crippen LogP contribution in [0.25, 0.3) is 5.69 Å². The molecule has 0 fully saturated rings. The SMILES string of the molecule is CCOc1ccccc1NC(=O)N(C)CC(=O)Nc1cc(C(C)(C)C)nn1-c1ccc(C)cc1C. The van der Waals surface area contributed by atoms with Crippen molar-refractivity contribution >= 4 is 23.4 Å². The topological polar surface area (TPSA) is 88.5 Å². The number of hydrogen-bond acceptors (Lipinski definition) is 4. The number of carbonyl (C=O) groups is 2. The van der Waals surface area contributed by atoms with E-state index in [1.807, 2.05) is 51.1 Å². The zero-order chi connectivity index (χ0) is 25.8. The van der Waals surface area contributed by atoms with Crippen molar-refractivity contribution in [1.29, 1.82) is 0 Å². The molecule has 0 spiro atoms. The maximum Gasteiger partial charge on any atom is 0.322 e. The quantitative estimate of drug-likeness (QED) is 0.484. The summed E-state index contributed by atoms with van der Waals surface area (Å²) in [6, 6.07) is 14.8. The number of hydrogen-bond donors (Lipinski definition) is 2. The normalized spacial score (nSPS) is 11.2. The van der Waals surface area contributed by atoms with Gasteiger partial charge in [0, 0.05) is 18.5 Å². The van der Waals surface area contributed by atoms with Crippen molar-refractivity contribution in [3.05, 3.63) is 65.4 Å². The summed E-state index contributed by atoms with van der Waals surface area (Å²) in [4.78, 5) is 27.0. The van der Waals surface area contributed by atoms with Crippen LogP contribution in [-0.4, -0.2) is 46.8 Å². The second kappa shape index (κ2) is 10.6. The fourth-order valence-electron chi connectivity index (χ4n) is 3.59. The van der Waals surface area contributed by atoms with E-state index >= 15 is 0 Å². The third-order valence-corrected chi connectivity index (χ3v) is 5.48. The highest BCUT2D eigenvalue weighted by molar-refractivity contribution is 5.97. The molecule has 8 heteroatoms. The first kappa shape index (κ1) is 25.8. The van der Waals surface area contributed by atoms with E-state index in [1.165, 1.54) is 4.90 Å². The summed E-state index contributed by atoms with van der Waals surface area (Å²) in [5.41, 5.74) is 4.29. The Morgan fingerprint density at radius 3 is 2.43 bits per heavy atom. The van der Waals surface area contributed by atoms with Crippen molar-refractivity contribution in [3.63, 3.8) is 0 Å². The number of nitrogens with zero attached hydrogens (tertiary/aromatic N) is 3. The van der Waals surface area contributed by atoms with Gasteiger partial charge in [0.1, 0.15) is 18.1 Å². The van der Waals surface area contributed by atoms with Crippen LogP contribution in [0.15, 0.2) is 48.5 Å². The summed E-state index contributed by atoms with van der Waals surface area (Å²) in [6.45, 7) is 12.5. The number of anilines is 2. The number of amides is 3. The Labute approximate surface area is 207 Å². The molecule has 35 heavy (non-hydrogen) atoms. The predicted molar refractivity (Wildman–Crippen MR) is 140 cm³/mol. The zero-order valence-corrected chi connectivity index (χ0v) is 21.6. The summed E-state index contributed by atoms with van der Waals surface area (Å²) >= 11 is 0. The van der Waals surface area contributed by atoms with Crippen molar-refractivity contribution < 1.29 is 14.3 Å². The highest BCUT2D eigenvalue weighted by Gasteiger charge is 2.23. The van der Waals surface area contributed by atoms with E-state index in [0.717, 1.165) is 22.5 Å². The average molecular weight is 478 g/mol. The van der Waals surface area contributed by atoms with Crippen LogP contribution < -0.4 is 15.4 Å². The number of aryl methyl sites for hydroxylation is 2. The van der Waals surface area contributed by atoms with Crippen molar-refractivity contribution in [2.24, 2.45) is 0 Å². The predicted octanol–water partition coefficient (Wildman–Crippen LogP) is 5.29. The fourth-order valence-corrected chi connectivity index (χ4v) is 3.59. The number of rotatable bonds is 7. The lowest BCUT2D eigenvalue weighted by Gasteiger charge is -2.19. The molecule has 0 aliphatic rings. The van der Waals surface area contributed by atoms with Crippen LogP contribution in [0.4, 0.5) is 16.3 Å². The Bertz CT molecular complexity index is 1210. The Morgan fingerprint density at radius 2 is 1.77 bits per heavy atom. The van der Waals surface area contributed by atoms with Crippen LogP contribution in [0.1, 0.15) is 44.5 Å². The average Bonchev–Trinajstić information content (AvgIpc) is 3.19. The summed E-state index contributed by atoms with van der Waals surface area (Å²) in [5, 5.41) is 10.5. The number of urea groups is 1. The Hall–Kier alpha value is -3.81. The van der Waals surface area contributed by atoms with E-state index in [2.05, 4.69) is 37.5 Å². The number of aromatic nitrogens is 2. The van der Waals surface area contributed by atoms with E-state index < -0.39 is 6.03 Å². The molecule has 186 valence electrons. The molecule has 0 atom stereocenters. The number of benzene rings is 2. The first-order valence-corrected chi connectivity index (χ1v) is 11.7. The Balaban J connectivity index is 1.77. The van der Waals surface area contributed by atoms with E-state index in [4.69, 9.17) is 9.84 Å². The summed E-state index contributed by atoms with van der Waals surface area (Å²) in [7, 11) is 1.57. The molecule has 3 aromatic rings. The molecule has 0 radical (unpaired) electrons. The monoisotopic (exact) mass is 477 g/mol. The minimum Gasteiger partial charge on any atom is -0.492 e. The van der Waals surface area contributed by atoms with Gasteiger partial charge in [-0.3, -0.25) is 4.79 Å². The zero-order valence-electron chi connectivity index (χ0n) is 21.6. The molecular weight excluding hydrogens is 442 g/mol. The molecule has 0 saturated heterocycles. The fraction of sp³-hybridized carbons (Fsp3) is 0.370. The minimum absolute atomic E-state index is 0.133. The van der Waals surface area contributed by atoms with Gasteiger partial charge in [0.25, 0.3) is 0 Å². The van der Waals surface area contributed by atoms with Crippen molar-refractivity contribution in [1.82, 2.24) is 14.7 Å². The maximum absolute atomic E-state index is 12.9. The Kier molecular flexibility index (Phi) is 7.84. The minimum atomic E-state index is -0.412. The second-order valence-corrected chi connectivity index (χ2v) is 9.63. The van der Waals surface area contributed by atoms with Gasteiger partial charge in [0.2, 0.25) is 5.91 Å². The summed E-state index contributed by atoms with van der Waals surface area (Å²) in [6.07, 6.45) is 0. The van der Waals surface area contributed by atoms with Crippen molar-refractivity contribution in [2.75, 3.05) is 30.8 Å². The van der Waals surface area contributed by atoms with Gasteiger partial charge in [-0.05, 0) is 44.5 Å². The van der Waals surface area contributed by atoms with Crippen molar-refractivity contribution in [3.8, 4) is 11.4 Å². The number of nitrogens with one attached hydrogen (secondary N) is 2. The van der Waals surface area contributed by atoms with E-state index in [9.17, 15) is 9.59 Å². The molecule has 0 bridgehead atoms. The number of likely N-dealkylation sites (N-methyl/N-ethyl adjacent to an activating group) is 1. The molecule has 2 N–H and O–H groups in total. The van der Waals surface area contributed by atoms with Gasteiger partial charge in [0.05, 0.1) is 23.7 Å². The smallest absolute Gasteiger partial charge is 0.322 e. The number of carbonyl (C=O) groups excluding carboxylic acids is 2. The highest BCUT2D eigenvalue weighted by Crippen LogP contribution is 2.28. The van der Waals surface area contributed by atoms with Gasteiger partial charge < -0.3 is 20.3 Å². The van der Waals surface area contributed by atoms with Crippen molar-refractivity contribution in [2.45, 2.75) is 47.0 Å². The number of para-hydroxylation sites is 2. The molecule has 1 heterocycles. The van der Waals surface area contributed by atoms with Crippen LogP contribution in [0.3, 0.4) is 0 Å². The van der Waals surface area contributed by atoms with Crippen LogP contribution in [0.2, 0.25) is 0 Å². The molecule has 3 rings (SSSR count). The third-order valence-electron chi connectivity index (χ3n) is 5.48. The largest absolute Gasteiger partial charge is 0.492 e. The van der Waals surface area contributed by atoms with E-state index in [-0.39, 0.29) is 17.9 Å². The summed E-state index contributed by atoms with van der Waals surface area (Å²) in [5.74, 6) is 0.808. The standard InChI is InChI=1S/C27H35N5O3/c1-8-35-22-12-10-9-11-20(22)28-26(34)31(7)17-25(33)29-24-16-23(27(4,5)6)30-32(24)21-14-13-18(2)15-19(21)3/h9-16H,8,17H2,1-7H3,(H,28,34)(H,29,33). The molecule has 3 amide bonds. The lowest BCUT2D eigenvalue weighted by molar-refractivity contribution is -0.116. The van der Waals surface area contributed by atoms with Crippen LogP contribution in [-0.2, 0) is 10.2 Å². The van der Waals surface area contributed by atoms with E-state index in [0.29, 0.717) is 23.9 Å². The van der Waals surface area contributed by atoms with Gasteiger partial charge in [-0.25, -0.2) is 9.48 Å². The van der Waals surface area contributed by atoms with E-state index in [1.54, 1.807) is 23.9 Å². The van der Waals surface area contributed by atoms with Gasteiger partial charge in [-0.1, -0.05) is 50.6 Å². The number of ether oxygens (including phenoxy) is 1. The molecule has 0 unspecified atom stereocenters. The first-order valence-electron chi connectivity index (χ1n) is 11.7. The van der Waals surface area contributed by atoms with Gasteiger partial charge in [-0.2, -0.15) is 5.10 Å². The molecule has 0 aliphatic heterocycles. The van der Waals surface area contributed by atoms with Crippen LogP contribution >= 0.6 is 0 Å². The second-order valence-electron chi connectivity index (χ2n) is 9.63. The lowest BCUT2D eigenvalue weighted by atomic mass is 9.92. The van der Waals surface area contributed by atoms with Crippen LogP contribution in [0.5, 0.6) is 5.75 Å². The van der Waals surface area contributed by atoms with Gasteiger partial charge >= 0.3 is 6.03 Å². The molecule has 2 aromatic carbocycles. The molecule has 0 saturated carbocycles. The lowest BCUT2D eigenvalue weighted by Crippen LogP contribution is -2.38. The molecule has 1 aromatic heterocycles. The molecular formula is C27H35N5O3. The Morgan fingerprint density at radius 1 is 1.06 bits per heavy atom. The first-order chi connectivity index (χ1) is 16.5. The van der Waals surface area contributed by atoms with Crippen LogP contribution in [0, 0.1) is 13.8 Å². The molecule has 8 nitrogen and oxygen atoms in total.